The number of carbonyl (C=O) groups is 1. The molecule has 0 spiro atoms. The van der Waals surface area contributed by atoms with Gasteiger partial charge in [-0.1, -0.05) is 36.4 Å². The van der Waals surface area contributed by atoms with Crippen LogP contribution in [-0.2, 0) is 11.4 Å². The number of rotatable bonds is 10. The fraction of sp³-hybridized carbons (Fsp3) is 0.200. The van der Waals surface area contributed by atoms with Crippen molar-refractivity contribution in [3.63, 3.8) is 0 Å². The lowest BCUT2D eigenvalue weighted by molar-refractivity contribution is -0.123. The molecule has 1 N–H and O–H groups in total. The Kier molecular flexibility index (Phi) is 8.09. The molecule has 166 valence electrons. The first-order valence-electron chi connectivity index (χ1n) is 10.0. The number of benzene rings is 3. The minimum absolute atomic E-state index is 0.167. The van der Waals surface area contributed by atoms with Crippen LogP contribution in [0.15, 0.2) is 77.9 Å². The van der Waals surface area contributed by atoms with Crippen LogP contribution >= 0.6 is 0 Å². The molecule has 0 heterocycles. The van der Waals surface area contributed by atoms with E-state index >= 15 is 0 Å². The van der Waals surface area contributed by atoms with Crippen molar-refractivity contribution < 1.29 is 23.7 Å². The van der Waals surface area contributed by atoms with Crippen molar-refractivity contribution in [1.82, 2.24) is 5.43 Å². The van der Waals surface area contributed by atoms with E-state index in [0.717, 1.165) is 11.1 Å². The lowest BCUT2D eigenvalue weighted by atomic mass is 10.1. The molecule has 0 radical (unpaired) electrons. The Bertz CT molecular complexity index is 1070. The summed E-state index contributed by atoms with van der Waals surface area (Å²) in [6, 6.07) is 22.4. The molecule has 0 saturated carbocycles. The average molecular weight is 434 g/mol. The first-order chi connectivity index (χ1) is 15.6. The Morgan fingerprint density at radius 1 is 0.844 bits per heavy atom. The molecule has 0 aliphatic rings. The predicted octanol–water partition coefficient (Wildman–Crippen LogP) is 4.20. The van der Waals surface area contributed by atoms with Gasteiger partial charge in [0.15, 0.2) is 18.1 Å². The van der Waals surface area contributed by atoms with E-state index in [2.05, 4.69) is 10.5 Å². The molecular formula is C25H26N2O5. The second-order valence-corrected chi connectivity index (χ2v) is 6.84. The quantitative estimate of drug-likeness (QED) is 0.382. The number of carbonyl (C=O) groups excluding carboxylic acids is 1. The highest BCUT2D eigenvalue weighted by Crippen LogP contribution is 2.29. The Labute approximate surface area is 187 Å². The van der Waals surface area contributed by atoms with E-state index in [1.807, 2.05) is 48.5 Å². The second-order valence-electron chi connectivity index (χ2n) is 6.84. The highest BCUT2D eigenvalue weighted by atomic mass is 16.5. The Balaban J connectivity index is 1.57. The minimum atomic E-state index is -0.373. The topological polar surface area (TPSA) is 78.4 Å². The maximum atomic E-state index is 12.1. The van der Waals surface area contributed by atoms with E-state index in [-0.39, 0.29) is 12.5 Å². The van der Waals surface area contributed by atoms with Crippen molar-refractivity contribution in [1.29, 1.82) is 0 Å². The third kappa shape index (κ3) is 6.50. The smallest absolute Gasteiger partial charge is 0.277 e. The summed E-state index contributed by atoms with van der Waals surface area (Å²) >= 11 is 0. The molecule has 3 aromatic rings. The second kappa shape index (κ2) is 11.4. The summed E-state index contributed by atoms with van der Waals surface area (Å²) in [5.41, 5.74) is 4.98. The molecule has 0 unspecified atom stereocenters. The standard InChI is InChI=1S/C25H26N2O5/c1-18(26-27-25(28)17-31-22-11-7-10-21(15-22)29-2)20-12-13-23(24(14-20)30-3)32-16-19-8-5-4-6-9-19/h4-15H,16-17H2,1-3H3,(H,27,28)/b26-18+. The van der Waals surface area contributed by atoms with Crippen molar-refractivity contribution in [3.05, 3.63) is 83.9 Å². The lowest BCUT2D eigenvalue weighted by Gasteiger charge is -2.12. The van der Waals surface area contributed by atoms with Crippen LogP contribution in [0.5, 0.6) is 23.0 Å². The molecule has 1 amide bonds. The molecule has 7 heteroatoms. The molecule has 0 aliphatic carbocycles. The molecule has 0 bridgehead atoms. The Hall–Kier alpha value is -4.00. The highest BCUT2D eigenvalue weighted by molar-refractivity contribution is 5.99. The molecule has 0 aliphatic heterocycles. The van der Waals surface area contributed by atoms with Crippen LogP contribution in [0.3, 0.4) is 0 Å². The molecule has 3 rings (SSSR count). The van der Waals surface area contributed by atoms with Gasteiger partial charge < -0.3 is 18.9 Å². The summed E-state index contributed by atoms with van der Waals surface area (Å²) in [6.45, 7) is 2.06. The number of amides is 1. The van der Waals surface area contributed by atoms with Crippen molar-refractivity contribution in [2.24, 2.45) is 5.10 Å². The van der Waals surface area contributed by atoms with Gasteiger partial charge in [0.2, 0.25) is 0 Å². The van der Waals surface area contributed by atoms with Crippen molar-refractivity contribution >= 4 is 11.6 Å². The van der Waals surface area contributed by atoms with Gasteiger partial charge >= 0.3 is 0 Å². The van der Waals surface area contributed by atoms with Gasteiger partial charge in [-0.25, -0.2) is 5.43 Å². The molecule has 0 aromatic heterocycles. The summed E-state index contributed by atoms with van der Waals surface area (Å²) in [6.07, 6.45) is 0. The number of nitrogens with one attached hydrogen (secondary N) is 1. The number of hydrogen-bond acceptors (Lipinski definition) is 6. The van der Waals surface area contributed by atoms with E-state index in [9.17, 15) is 4.79 Å². The molecule has 32 heavy (non-hydrogen) atoms. The van der Waals surface area contributed by atoms with Gasteiger partial charge in [0.05, 0.1) is 19.9 Å². The number of nitrogens with zero attached hydrogens (tertiary/aromatic N) is 1. The number of ether oxygens (including phenoxy) is 4. The summed E-state index contributed by atoms with van der Waals surface area (Å²) in [7, 11) is 3.15. The zero-order valence-electron chi connectivity index (χ0n) is 18.3. The van der Waals surface area contributed by atoms with E-state index in [0.29, 0.717) is 35.3 Å². The van der Waals surface area contributed by atoms with Crippen LogP contribution in [-0.4, -0.2) is 32.4 Å². The molecule has 3 aromatic carbocycles. The van der Waals surface area contributed by atoms with Gasteiger partial charge in [-0.3, -0.25) is 4.79 Å². The third-order valence-corrected chi connectivity index (χ3v) is 4.58. The van der Waals surface area contributed by atoms with Crippen molar-refractivity contribution in [2.75, 3.05) is 20.8 Å². The molecule has 0 saturated heterocycles. The van der Waals surface area contributed by atoms with Gasteiger partial charge in [0.1, 0.15) is 18.1 Å². The minimum Gasteiger partial charge on any atom is -0.497 e. The Morgan fingerprint density at radius 3 is 2.38 bits per heavy atom. The van der Waals surface area contributed by atoms with Gasteiger partial charge in [-0.2, -0.15) is 5.10 Å². The number of hydrogen-bond donors (Lipinski definition) is 1. The third-order valence-electron chi connectivity index (χ3n) is 4.58. The maximum Gasteiger partial charge on any atom is 0.277 e. The molecule has 7 nitrogen and oxygen atoms in total. The molecule has 0 atom stereocenters. The van der Waals surface area contributed by atoms with Gasteiger partial charge in [0, 0.05) is 11.6 Å². The largest absolute Gasteiger partial charge is 0.497 e. The zero-order valence-corrected chi connectivity index (χ0v) is 18.3. The summed E-state index contributed by atoms with van der Waals surface area (Å²) < 4.78 is 21.9. The van der Waals surface area contributed by atoms with Crippen molar-refractivity contribution in [2.45, 2.75) is 13.5 Å². The zero-order chi connectivity index (χ0) is 22.8. The number of methoxy groups -OCH3 is 2. The van der Waals surface area contributed by atoms with E-state index in [1.165, 1.54) is 0 Å². The number of hydrazone groups is 1. The summed E-state index contributed by atoms with van der Waals surface area (Å²) in [5, 5.41) is 4.16. The predicted molar refractivity (Wildman–Crippen MR) is 123 cm³/mol. The first-order valence-corrected chi connectivity index (χ1v) is 10.0. The highest BCUT2D eigenvalue weighted by Gasteiger charge is 2.09. The van der Waals surface area contributed by atoms with E-state index in [1.54, 1.807) is 45.4 Å². The van der Waals surface area contributed by atoms with Gasteiger partial charge in [0.25, 0.3) is 5.91 Å². The summed E-state index contributed by atoms with van der Waals surface area (Å²) in [5.74, 6) is 2.03. The monoisotopic (exact) mass is 434 g/mol. The summed E-state index contributed by atoms with van der Waals surface area (Å²) in [4.78, 5) is 12.1. The molecule has 0 fully saturated rings. The first kappa shape index (κ1) is 22.7. The SMILES string of the molecule is COc1cccc(OCC(=O)N/N=C(\C)c2ccc(OCc3ccccc3)c(OC)c2)c1. The average Bonchev–Trinajstić information content (AvgIpc) is 2.85. The maximum absolute atomic E-state index is 12.1. The van der Waals surface area contributed by atoms with E-state index < -0.39 is 0 Å². The van der Waals surface area contributed by atoms with Gasteiger partial charge in [-0.05, 0) is 42.8 Å². The fourth-order valence-corrected chi connectivity index (χ4v) is 2.83. The van der Waals surface area contributed by atoms with Crippen LogP contribution in [0, 0.1) is 0 Å². The Morgan fingerprint density at radius 2 is 1.62 bits per heavy atom. The van der Waals surface area contributed by atoms with Crippen LogP contribution < -0.4 is 24.4 Å². The fourth-order valence-electron chi connectivity index (χ4n) is 2.83. The normalized spacial score (nSPS) is 10.9. The van der Waals surface area contributed by atoms with Crippen LogP contribution in [0.25, 0.3) is 0 Å². The molecular weight excluding hydrogens is 408 g/mol. The van der Waals surface area contributed by atoms with Crippen LogP contribution in [0.4, 0.5) is 0 Å². The van der Waals surface area contributed by atoms with Crippen molar-refractivity contribution in [3.8, 4) is 23.0 Å². The van der Waals surface area contributed by atoms with E-state index in [4.69, 9.17) is 18.9 Å². The van der Waals surface area contributed by atoms with Crippen LogP contribution in [0.2, 0.25) is 0 Å². The van der Waals surface area contributed by atoms with Gasteiger partial charge in [-0.15, -0.1) is 0 Å². The lowest BCUT2D eigenvalue weighted by Crippen LogP contribution is -2.25. The van der Waals surface area contributed by atoms with Crippen LogP contribution in [0.1, 0.15) is 18.1 Å².